The summed E-state index contributed by atoms with van der Waals surface area (Å²) in [6, 6.07) is 15.8. The Bertz CT molecular complexity index is 1430. The van der Waals surface area contributed by atoms with E-state index in [9.17, 15) is 9.59 Å². The Morgan fingerprint density at radius 1 is 1.08 bits per heavy atom. The first-order chi connectivity index (χ1) is 17.9. The first-order valence-electron chi connectivity index (χ1n) is 10.9. The minimum atomic E-state index is -0.454. The van der Waals surface area contributed by atoms with Gasteiger partial charge in [-0.3, -0.25) is 19.1 Å². The number of halogens is 1. The highest BCUT2D eigenvalue weighted by atomic mass is 35.5. The third kappa shape index (κ3) is 6.72. The van der Waals surface area contributed by atoms with Crippen LogP contribution < -0.4 is 14.9 Å². The largest absolute Gasteiger partial charge is 0.493 e. The molecular weight excluding hydrogens is 516 g/mol. The van der Waals surface area contributed by atoms with Crippen LogP contribution in [0, 0.1) is 0 Å². The lowest BCUT2D eigenvalue weighted by molar-refractivity contribution is -0.132. The molecule has 2 aromatic heterocycles. The van der Waals surface area contributed by atoms with Crippen molar-refractivity contribution in [2.75, 3.05) is 12.9 Å². The molecule has 0 aliphatic heterocycles. The second kappa shape index (κ2) is 12.2. The van der Waals surface area contributed by atoms with Gasteiger partial charge in [-0.2, -0.15) is 5.10 Å². The van der Waals surface area contributed by atoms with Crippen molar-refractivity contribution in [3.8, 4) is 28.6 Å². The Labute approximate surface area is 221 Å². The van der Waals surface area contributed by atoms with Gasteiger partial charge in [0.15, 0.2) is 22.5 Å². The molecule has 0 unspecified atom stereocenters. The van der Waals surface area contributed by atoms with E-state index in [1.54, 1.807) is 42.7 Å². The predicted octanol–water partition coefficient (Wildman–Crippen LogP) is 4.16. The number of nitrogens with one attached hydrogen (secondary N) is 1. The zero-order chi connectivity index (χ0) is 26.2. The molecule has 1 amide bonds. The summed E-state index contributed by atoms with van der Waals surface area (Å²) in [5.74, 6) is 0.534. The molecule has 0 aliphatic rings. The molecule has 4 aromatic rings. The molecule has 0 atom stereocenters. The molecular formula is C25H21ClN6O4S. The minimum absolute atomic E-state index is 0.0497. The van der Waals surface area contributed by atoms with Crippen molar-refractivity contribution in [2.45, 2.75) is 12.1 Å². The highest BCUT2D eigenvalue weighted by molar-refractivity contribution is 7.99. The van der Waals surface area contributed by atoms with Crippen molar-refractivity contribution in [1.29, 1.82) is 0 Å². The first-order valence-corrected chi connectivity index (χ1v) is 12.2. The molecule has 0 fully saturated rings. The standard InChI is InChI=1S/C25H21ClN6O4S/c1-16(33)36-21-8-3-17(13-22(21)35-2)14-28-29-23(34)15-37-25-31-30-24(18-9-11-27-12-10-18)32(25)20-6-4-19(26)5-7-20/h3-14H,15H2,1-2H3,(H,29,34)/b28-14-. The number of benzene rings is 2. The lowest BCUT2D eigenvalue weighted by atomic mass is 10.2. The monoisotopic (exact) mass is 536 g/mol. The van der Waals surface area contributed by atoms with Crippen LogP contribution in [-0.2, 0) is 9.59 Å². The van der Waals surface area contributed by atoms with Gasteiger partial charge in [0, 0.05) is 35.6 Å². The van der Waals surface area contributed by atoms with Crippen LogP contribution in [0.5, 0.6) is 11.5 Å². The number of amides is 1. The SMILES string of the molecule is COc1cc(/C=N\NC(=O)CSc2nnc(-c3ccncc3)n2-c2ccc(Cl)cc2)ccc1OC(C)=O. The van der Waals surface area contributed by atoms with Crippen LogP contribution in [0.2, 0.25) is 5.02 Å². The zero-order valence-corrected chi connectivity index (χ0v) is 21.4. The number of esters is 1. The van der Waals surface area contributed by atoms with E-state index < -0.39 is 5.97 Å². The maximum Gasteiger partial charge on any atom is 0.308 e. The van der Waals surface area contributed by atoms with E-state index in [4.69, 9.17) is 21.1 Å². The van der Waals surface area contributed by atoms with Gasteiger partial charge in [-0.15, -0.1) is 10.2 Å². The molecule has 4 rings (SSSR count). The van der Waals surface area contributed by atoms with E-state index in [-0.39, 0.29) is 11.7 Å². The van der Waals surface area contributed by atoms with E-state index in [0.717, 1.165) is 11.3 Å². The molecule has 0 radical (unpaired) electrons. The highest BCUT2D eigenvalue weighted by Crippen LogP contribution is 2.29. The normalized spacial score (nSPS) is 10.9. The Morgan fingerprint density at radius 3 is 2.54 bits per heavy atom. The molecule has 10 nitrogen and oxygen atoms in total. The topological polar surface area (TPSA) is 121 Å². The van der Waals surface area contributed by atoms with Crippen LogP contribution in [0.15, 0.2) is 77.2 Å². The van der Waals surface area contributed by atoms with Crippen molar-refractivity contribution in [3.63, 3.8) is 0 Å². The van der Waals surface area contributed by atoms with Crippen LogP contribution in [-0.4, -0.2) is 50.7 Å². The number of nitrogens with zero attached hydrogens (tertiary/aromatic N) is 5. The van der Waals surface area contributed by atoms with Gasteiger partial charge in [0.05, 0.1) is 19.1 Å². The van der Waals surface area contributed by atoms with Crippen molar-refractivity contribution < 1.29 is 19.1 Å². The third-order valence-electron chi connectivity index (χ3n) is 4.83. The zero-order valence-electron chi connectivity index (χ0n) is 19.8. The van der Waals surface area contributed by atoms with Gasteiger partial charge < -0.3 is 9.47 Å². The highest BCUT2D eigenvalue weighted by Gasteiger charge is 2.17. The van der Waals surface area contributed by atoms with Crippen molar-refractivity contribution >= 4 is 41.5 Å². The number of rotatable bonds is 9. The fourth-order valence-corrected chi connectivity index (χ4v) is 4.09. The molecule has 37 heavy (non-hydrogen) atoms. The number of methoxy groups -OCH3 is 1. The number of aromatic nitrogens is 4. The van der Waals surface area contributed by atoms with Gasteiger partial charge in [0.1, 0.15) is 0 Å². The van der Waals surface area contributed by atoms with Crippen molar-refractivity contribution in [3.05, 3.63) is 77.6 Å². The average molecular weight is 537 g/mol. The maximum absolute atomic E-state index is 12.5. The number of pyridine rings is 1. The second-order valence-electron chi connectivity index (χ2n) is 7.44. The number of ether oxygens (including phenoxy) is 2. The van der Waals surface area contributed by atoms with Gasteiger partial charge in [0.2, 0.25) is 0 Å². The average Bonchev–Trinajstić information content (AvgIpc) is 3.33. The summed E-state index contributed by atoms with van der Waals surface area (Å²) in [5.41, 5.74) is 4.76. The summed E-state index contributed by atoms with van der Waals surface area (Å²) in [7, 11) is 1.46. The van der Waals surface area contributed by atoms with E-state index in [1.165, 1.54) is 32.0 Å². The molecule has 0 saturated carbocycles. The number of carbonyl (C=O) groups excluding carboxylic acids is 2. The number of carbonyl (C=O) groups is 2. The third-order valence-corrected chi connectivity index (χ3v) is 6.01. The molecule has 2 aromatic carbocycles. The number of hydrogen-bond donors (Lipinski definition) is 1. The van der Waals surface area contributed by atoms with E-state index in [0.29, 0.717) is 33.1 Å². The summed E-state index contributed by atoms with van der Waals surface area (Å²) in [6.45, 7) is 1.31. The van der Waals surface area contributed by atoms with Gasteiger partial charge in [-0.1, -0.05) is 23.4 Å². The Morgan fingerprint density at radius 2 is 1.84 bits per heavy atom. The first kappa shape index (κ1) is 25.9. The fourth-order valence-electron chi connectivity index (χ4n) is 3.22. The molecule has 0 spiro atoms. The van der Waals surface area contributed by atoms with E-state index in [1.807, 2.05) is 28.8 Å². The molecule has 0 bridgehead atoms. The molecule has 1 N–H and O–H groups in total. The quantitative estimate of drug-likeness (QED) is 0.111. The van der Waals surface area contributed by atoms with Crippen molar-refractivity contribution in [2.24, 2.45) is 5.10 Å². The fraction of sp³-hybridized carbons (Fsp3) is 0.120. The summed E-state index contributed by atoms with van der Waals surface area (Å²) in [6.07, 6.45) is 4.81. The number of thioether (sulfide) groups is 1. The second-order valence-corrected chi connectivity index (χ2v) is 8.82. The smallest absolute Gasteiger partial charge is 0.308 e. The lowest BCUT2D eigenvalue weighted by Crippen LogP contribution is -2.20. The Hall–Kier alpha value is -4.22. The Balaban J connectivity index is 1.45. The molecule has 0 aliphatic carbocycles. The van der Waals surface area contributed by atoms with E-state index in [2.05, 4.69) is 25.7 Å². The van der Waals surface area contributed by atoms with Crippen LogP contribution in [0.3, 0.4) is 0 Å². The van der Waals surface area contributed by atoms with Gasteiger partial charge in [-0.05, 0) is 60.2 Å². The lowest BCUT2D eigenvalue weighted by Gasteiger charge is -2.10. The van der Waals surface area contributed by atoms with Gasteiger partial charge in [0.25, 0.3) is 5.91 Å². The van der Waals surface area contributed by atoms with Crippen LogP contribution >= 0.6 is 23.4 Å². The van der Waals surface area contributed by atoms with Crippen molar-refractivity contribution in [1.82, 2.24) is 25.2 Å². The Kier molecular flexibility index (Phi) is 8.49. The summed E-state index contributed by atoms with van der Waals surface area (Å²) in [5, 5.41) is 13.8. The number of hydrogen-bond acceptors (Lipinski definition) is 9. The summed E-state index contributed by atoms with van der Waals surface area (Å²) in [4.78, 5) is 27.7. The maximum atomic E-state index is 12.5. The van der Waals surface area contributed by atoms with Crippen LogP contribution in [0.4, 0.5) is 0 Å². The number of hydrazone groups is 1. The van der Waals surface area contributed by atoms with Crippen LogP contribution in [0.25, 0.3) is 17.1 Å². The van der Waals surface area contributed by atoms with E-state index >= 15 is 0 Å². The minimum Gasteiger partial charge on any atom is -0.493 e. The summed E-state index contributed by atoms with van der Waals surface area (Å²) < 4.78 is 12.2. The van der Waals surface area contributed by atoms with Gasteiger partial charge in [-0.25, -0.2) is 5.43 Å². The van der Waals surface area contributed by atoms with Gasteiger partial charge >= 0.3 is 5.97 Å². The summed E-state index contributed by atoms with van der Waals surface area (Å²) >= 11 is 7.28. The molecule has 0 saturated heterocycles. The molecule has 2 heterocycles. The molecule has 12 heteroatoms. The van der Waals surface area contributed by atoms with Crippen LogP contribution in [0.1, 0.15) is 12.5 Å². The molecule has 188 valence electrons. The predicted molar refractivity (Wildman–Crippen MR) is 140 cm³/mol.